The summed E-state index contributed by atoms with van der Waals surface area (Å²) in [6.07, 6.45) is 3.62. The first-order chi connectivity index (χ1) is 14.3. The van der Waals surface area contributed by atoms with Crippen molar-refractivity contribution >= 4 is 17.0 Å². The van der Waals surface area contributed by atoms with Gasteiger partial charge in [-0.2, -0.15) is 0 Å². The number of aromatic nitrogens is 2. The largest absolute Gasteiger partial charge is 0.476 e. The molecule has 0 spiro atoms. The van der Waals surface area contributed by atoms with Crippen LogP contribution in [0.2, 0.25) is 0 Å². The molecule has 0 fully saturated rings. The minimum atomic E-state index is -1.30. The SMILES string of the molecule is CC(C)C#CC(NCCC1=CC[C@H]1n1c(=O)c(C(=O)O)nc2ccccc21)C(C)C. The van der Waals surface area contributed by atoms with Crippen molar-refractivity contribution in [3.8, 4) is 11.8 Å². The number of nitrogens with zero attached hydrogens (tertiary/aromatic N) is 2. The zero-order valence-electron chi connectivity index (χ0n) is 18.0. The molecule has 1 unspecified atom stereocenters. The number of para-hydroxylation sites is 2. The number of carbonyl (C=O) groups is 1. The van der Waals surface area contributed by atoms with E-state index in [4.69, 9.17) is 0 Å². The lowest BCUT2D eigenvalue weighted by Gasteiger charge is -2.31. The van der Waals surface area contributed by atoms with Crippen LogP contribution in [0.3, 0.4) is 0 Å². The summed E-state index contributed by atoms with van der Waals surface area (Å²) in [5.41, 5.74) is 1.34. The maximum Gasteiger partial charge on any atom is 0.360 e. The first-order valence-corrected chi connectivity index (χ1v) is 10.5. The Labute approximate surface area is 177 Å². The van der Waals surface area contributed by atoms with Gasteiger partial charge < -0.3 is 10.4 Å². The molecule has 6 heteroatoms. The molecule has 1 heterocycles. The summed E-state index contributed by atoms with van der Waals surface area (Å²) in [5.74, 6) is 5.99. The van der Waals surface area contributed by atoms with Crippen LogP contribution in [0.15, 0.2) is 40.7 Å². The lowest BCUT2D eigenvalue weighted by atomic mass is 9.88. The monoisotopic (exact) mass is 407 g/mol. The number of fused-ring (bicyclic) bond motifs is 1. The molecule has 0 aliphatic heterocycles. The third-order valence-corrected chi connectivity index (χ3v) is 5.31. The van der Waals surface area contributed by atoms with E-state index in [-0.39, 0.29) is 12.1 Å². The van der Waals surface area contributed by atoms with Gasteiger partial charge in [-0.3, -0.25) is 9.36 Å². The van der Waals surface area contributed by atoms with Crippen molar-refractivity contribution < 1.29 is 9.90 Å². The third kappa shape index (κ3) is 4.63. The van der Waals surface area contributed by atoms with Gasteiger partial charge in [-0.05, 0) is 36.5 Å². The van der Waals surface area contributed by atoms with Gasteiger partial charge in [0.1, 0.15) is 0 Å². The summed E-state index contributed by atoms with van der Waals surface area (Å²) in [7, 11) is 0. The lowest BCUT2D eigenvalue weighted by Crippen LogP contribution is -2.36. The van der Waals surface area contributed by atoms with E-state index in [2.05, 4.69) is 55.9 Å². The number of nitrogens with one attached hydrogen (secondary N) is 1. The van der Waals surface area contributed by atoms with Crippen LogP contribution in [-0.2, 0) is 0 Å². The Morgan fingerprint density at radius 2 is 2.00 bits per heavy atom. The van der Waals surface area contributed by atoms with Gasteiger partial charge >= 0.3 is 5.97 Å². The Hall–Kier alpha value is -2.91. The van der Waals surface area contributed by atoms with E-state index in [0.717, 1.165) is 18.5 Å². The first kappa shape index (κ1) is 21.8. The van der Waals surface area contributed by atoms with Gasteiger partial charge in [0.15, 0.2) is 0 Å². The van der Waals surface area contributed by atoms with E-state index >= 15 is 0 Å². The molecule has 2 N–H and O–H groups in total. The minimum Gasteiger partial charge on any atom is -0.476 e. The third-order valence-electron chi connectivity index (χ3n) is 5.31. The molecule has 0 saturated heterocycles. The zero-order valence-corrected chi connectivity index (χ0v) is 18.0. The van der Waals surface area contributed by atoms with E-state index in [1.54, 1.807) is 16.7 Å². The van der Waals surface area contributed by atoms with Crippen molar-refractivity contribution in [1.29, 1.82) is 0 Å². The highest BCUT2D eigenvalue weighted by Gasteiger charge is 2.28. The highest BCUT2D eigenvalue weighted by Crippen LogP contribution is 2.35. The molecule has 158 valence electrons. The van der Waals surface area contributed by atoms with Crippen LogP contribution in [0.4, 0.5) is 0 Å². The average molecular weight is 408 g/mol. The van der Waals surface area contributed by atoms with E-state index in [9.17, 15) is 14.7 Å². The Bertz CT molecular complexity index is 1090. The highest BCUT2D eigenvalue weighted by molar-refractivity contribution is 5.88. The number of carboxylic acid groups (broad SMARTS) is 1. The van der Waals surface area contributed by atoms with Gasteiger partial charge in [-0.15, -0.1) is 0 Å². The molecule has 3 rings (SSSR count). The lowest BCUT2D eigenvalue weighted by molar-refractivity contribution is 0.0688. The van der Waals surface area contributed by atoms with Crippen molar-refractivity contribution in [2.45, 2.75) is 52.6 Å². The Balaban J connectivity index is 1.80. The van der Waals surface area contributed by atoms with Crippen LogP contribution in [-0.4, -0.2) is 33.2 Å². The topological polar surface area (TPSA) is 84.2 Å². The molecule has 1 aromatic heterocycles. The quantitative estimate of drug-likeness (QED) is 0.541. The normalized spacial score (nSPS) is 16.7. The summed E-state index contributed by atoms with van der Waals surface area (Å²) in [6, 6.07) is 7.17. The summed E-state index contributed by atoms with van der Waals surface area (Å²) in [6.45, 7) is 9.20. The van der Waals surface area contributed by atoms with Crippen LogP contribution in [0.5, 0.6) is 0 Å². The summed E-state index contributed by atoms with van der Waals surface area (Å²) >= 11 is 0. The number of aromatic carboxylic acids is 1. The van der Waals surface area contributed by atoms with Gasteiger partial charge in [0.25, 0.3) is 5.56 Å². The van der Waals surface area contributed by atoms with Crippen molar-refractivity contribution in [1.82, 2.24) is 14.9 Å². The number of hydrogen-bond donors (Lipinski definition) is 2. The van der Waals surface area contributed by atoms with E-state index in [1.165, 1.54) is 0 Å². The van der Waals surface area contributed by atoms with Crippen LogP contribution in [0.25, 0.3) is 11.0 Å². The molecule has 2 aromatic rings. The van der Waals surface area contributed by atoms with Gasteiger partial charge in [0.05, 0.1) is 23.1 Å². The first-order valence-electron chi connectivity index (χ1n) is 10.5. The maximum atomic E-state index is 12.9. The van der Waals surface area contributed by atoms with Gasteiger partial charge in [-0.25, -0.2) is 9.78 Å². The fourth-order valence-electron chi connectivity index (χ4n) is 3.61. The molecule has 1 aromatic carbocycles. The molecule has 2 atom stereocenters. The van der Waals surface area contributed by atoms with Crippen molar-refractivity contribution in [3.63, 3.8) is 0 Å². The summed E-state index contributed by atoms with van der Waals surface area (Å²) in [4.78, 5) is 28.5. The molecule has 0 amide bonds. The van der Waals surface area contributed by atoms with Crippen molar-refractivity contribution in [3.05, 3.63) is 52.0 Å². The zero-order chi connectivity index (χ0) is 21.8. The van der Waals surface area contributed by atoms with E-state index in [1.807, 2.05) is 12.1 Å². The molecule has 6 nitrogen and oxygen atoms in total. The molecule has 0 radical (unpaired) electrons. The molecule has 0 bridgehead atoms. The number of benzene rings is 1. The second-order valence-electron chi connectivity index (χ2n) is 8.33. The van der Waals surface area contributed by atoms with Gasteiger partial charge in [-0.1, -0.05) is 57.7 Å². The van der Waals surface area contributed by atoms with Crippen LogP contribution >= 0.6 is 0 Å². The molecular weight excluding hydrogens is 378 g/mol. The predicted molar refractivity (Wildman–Crippen MR) is 119 cm³/mol. The average Bonchev–Trinajstić information content (AvgIpc) is 2.67. The molecule has 1 aliphatic rings. The number of carboxylic acids is 1. The van der Waals surface area contributed by atoms with Crippen LogP contribution in [0.1, 0.15) is 57.1 Å². The Morgan fingerprint density at radius 3 is 2.60 bits per heavy atom. The van der Waals surface area contributed by atoms with Crippen LogP contribution < -0.4 is 10.9 Å². The highest BCUT2D eigenvalue weighted by atomic mass is 16.4. The second kappa shape index (κ2) is 9.27. The van der Waals surface area contributed by atoms with E-state index in [0.29, 0.717) is 29.3 Å². The van der Waals surface area contributed by atoms with Crippen LogP contribution in [0, 0.1) is 23.7 Å². The minimum absolute atomic E-state index is 0.120. The number of hydrogen-bond acceptors (Lipinski definition) is 4. The van der Waals surface area contributed by atoms with Gasteiger partial charge in [0, 0.05) is 12.5 Å². The molecular formula is C24H29N3O3. The second-order valence-corrected chi connectivity index (χ2v) is 8.33. The standard InChI is InChI=1S/C24H29N3O3/c1-15(2)9-11-18(16(3)4)25-14-13-17-10-12-20(17)27-21-8-6-5-7-19(21)26-22(23(27)28)24(29)30/h5-8,10,15-16,18,20,25H,12-14H2,1-4H3,(H,29,30)/t18?,20-/m1/s1. The summed E-state index contributed by atoms with van der Waals surface area (Å²) in [5, 5.41) is 12.9. The van der Waals surface area contributed by atoms with Crippen molar-refractivity contribution in [2.24, 2.45) is 11.8 Å². The molecule has 1 aliphatic carbocycles. The Kier molecular flexibility index (Phi) is 6.73. The fraction of sp³-hybridized carbons (Fsp3) is 0.458. The fourth-order valence-corrected chi connectivity index (χ4v) is 3.61. The molecule has 30 heavy (non-hydrogen) atoms. The predicted octanol–water partition coefficient (Wildman–Crippen LogP) is 3.63. The Morgan fingerprint density at radius 1 is 1.27 bits per heavy atom. The number of rotatable bonds is 7. The molecule has 0 saturated carbocycles. The number of allylic oxidation sites excluding steroid dienone is 1. The smallest absolute Gasteiger partial charge is 0.360 e. The van der Waals surface area contributed by atoms with Crippen molar-refractivity contribution in [2.75, 3.05) is 6.54 Å². The summed E-state index contributed by atoms with van der Waals surface area (Å²) < 4.78 is 1.60. The maximum absolute atomic E-state index is 12.9. The van der Waals surface area contributed by atoms with E-state index < -0.39 is 17.2 Å². The van der Waals surface area contributed by atoms with Gasteiger partial charge in [0.2, 0.25) is 5.69 Å².